The van der Waals surface area contributed by atoms with Gasteiger partial charge in [0, 0.05) is 31.6 Å². The van der Waals surface area contributed by atoms with Crippen molar-refractivity contribution in [3.63, 3.8) is 0 Å². The van der Waals surface area contributed by atoms with Gasteiger partial charge in [0.1, 0.15) is 0 Å². The highest BCUT2D eigenvalue weighted by Gasteiger charge is 2.37. The number of hydrogen-bond acceptors (Lipinski definition) is 4. The Bertz CT molecular complexity index is 443. The predicted octanol–water partition coefficient (Wildman–Crippen LogP) is 1.77. The third-order valence-electron chi connectivity index (χ3n) is 3.98. The largest absolute Gasteiger partial charge is 0.342 e. The maximum atomic E-state index is 12.2. The van der Waals surface area contributed by atoms with E-state index >= 15 is 0 Å². The first-order chi connectivity index (χ1) is 8.76. The number of carbonyl (C=O) groups excluding carboxylic acids is 1. The van der Waals surface area contributed by atoms with Crippen LogP contribution in [0.5, 0.6) is 0 Å². The van der Waals surface area contributed by atoms with Crippen LogP contribution in [0.2, 0.25) is 0 Å². The minimum atomic E-state index is 0. The van der Waals surface area contributed by atoms with Gasteiger partial charge in [0.2, 0.25) is 5.91 Å². The van der Waals surface area contributed by atoms with Crippen molar-refractivity contribution in [1.82, 2.24) is 15.2 Å². The van der Waals surface area contributed by atoms with E-state index in [-0.39, 0.29) is 30.7 Å². The maximum Gasteiger partial charge on any atom is 0.228 e. The molecular weight excluding hydrogens is 317 g/mol. The van der Waals surface area contributed by atoms with E-state index in [1.54, 1.807) is 11.3 Å². The third-order valence-corrected chi connectivity index (χ3v) is 5.02. The molecule has 0 spiro atoms. The van der Waals surface area contributed by atoms with Gasteiger partial charge in [0.25, 0.3) is 0 Å². The maximum absolute atomic E-state index is 12.2. The number of nitrogens with zero attached hydrogens (tertiary/aromatic N) is 2. The fourth-order valence-electron chi connectivity index (χ4n) is 2.92. The van der Waals surface area contributed by atoms with Crippen LogP contribution in [0.25, 0.3) is 0 Å². The van der Waals surface area contributed by atoms with Crippen molar-refractivity contribution in [2.45, 2.75) is 19.8 Å². The van der Waals surface area contributed by atoms with Gasteiger partial charge < -0.3 is 10.2 Å². The van der Waals surface area contributed by atoms with Crippen molar-refractivity contribution < 1.29 is 4.79 Å². The van der Waals surface area contributed by atoms with Gasteiger partial charge in [-0.05, 0) is 18.3 Å². The summed E-state index contributed by atoms with van der Waals surface area (Å²) in [5.41, 5.74) is 0.942. The minimum absolute atomic E-state index is 0. The summed E-state index contributed by atoms with van der Waals surface area (Å²) in [6.07, 6.45) is 1.43. The molecule has 1 amide bonds. The molecule has 0 radical (unpaired) electrons. The molecule has 3 rings (SSSR count). The van der Waals surface area contributed by atoms with Crippen LogP contribution in [-0.4, -0.2) is 42.0 Å². The molecule has 114 valence electrons. The molecule has 2 atom stereocenters. The molecule has 7 heteroatoms. The van der Waals surface area contributed by atoms with Gasteiger partial charge in [-0.1, -0.05) is 6.92 Å². The van der Waals surface area contributed by atoms with Gasteiger partial charge in [0.15, 0.2) is 0 Å². The fourth-order valence-corrected chi connectivity index (χ4v) is 3.66. The Morgan fingerprint density at radius 1 is 1.40 bits per heavy atom. The Hall–Kier alpha value is -0.360. The molecule has 0 unspecified atom stereocenters. The SMILES string of the molecule is CCc1nc(CC(=O)N2C[C@H]3CNC[C@H]3C2)cs1.Cl.Cl. The van der Waals surface area contributed by atoms with Gasteiger partial charge in [-0.15, -0.1) is 36.2 Å². The number of fused-ring (bicyclic) bond motifs is 1. The molecule has 2 saturated heterocycles. The number of hydrogen-bond donors (Lipinski definition) is 1. The summed E-state index contributed by atoms with van der Waals surface area (Å²) >= 11 is 1.66. The van der Waals surface area contributed by atoms with Crippen molar-refractivity contribution in [2.24, 2.45) is 11.8 Å². The first-order valence-corrected chi connectivity index (χ1v) is 7.56. The topological polar surface area (TPSA) is 45.2 Å². The van der Waals surface area contributed by atoms with Crippen LogP contribution in [0.3, 0.4) is 0 Å². The van der Waals surface area contributed by atoms with Crippen molar-refractivity contribution in [3.8, 4) is 0 Å². The summed E-state index contributed by atoms with van der Waals surface area (Å²) in [6, 6.07) is 0. The Labute approximate surface area is 136 Å². The smallest absolute Gasteiger partial charge is 0.228 e. The Balaban J connectivity index is 0.000001000. The van der Waals surface area contributed by atoms with Gasteiger partial charge in [-0.2, -0.15) is 0 Å². The van der Waals surface area contributed by atoms with Crippen LogP contribution < -0.4 is 5.32 Å². The summed E-state index contributed by atoms with van der Waals surface area (Å²) < 4.78 is 0. The van der Waals surface area contributed by atoms with Crippen LogP contribution in [0.15, 0.2) is 5.38 Å². The van der Waals surface area contributed by atoms with Crippen LogP contribution in [0.1, 0.15) is 17.6 Å². The Morgan fingerprint density at radius 2 is 2.05 bits per heavy atom. The highest BCUT2D eigenvalue weighted by Crippen LogP contribution is 2.26. The second-order valence-electron chi connectivity index (χ2n) is 5.24. The number of carbonyl (C=O) groups is 1. The lowest BCUT2D eigenvalue weighted by Gasteiger charge is -2.16. The molecule has 0 bridgehead atoms. The monoisotopic (exact) mass is 337 g/mol. The van der Waals surface area contributed by atoms with Crippen molar-refractivity contribution >= 4 is 42.1 Å². The molecule has 2 aliphatic heterocycles. The molecular formula is C13H21Cl2N3OS. The van der Waals surface area contributed by atoms with Crippen LogP contribution in [0, 0.1) is 11.8 Å². The van der Waals surface area contributed by atoms with Crippen LogP contribution >= 0.6 is 36.2 Å². The van der Waals surface area contributed by atoms with Gasteiger partial charge in [0.05, 0.1) is 17.1 Å². The fraction of sp³-hybridized carbons (Fsp3) is 0.692. The summed E-state index contributed by atoms with van der Waals surface area (Å²) in [6.45, 7) is 6.11. The van der Waals surface area contributed by atoms with E-state index in [0.717, 1.165) is 43.3 Å². The predicted molar refractivity (Wildman–Crippen MR) is 86.1 cm³/mol. The number of amides is 1. The number of halogens is 2. The molecule has 20 heavy (non-hydrogen) atoms. The summed E-state index contributed by atoms with van der Waals surface area (Å²) in [5.74, 6) is 1.60. The highest BCUT2D eigenvalue weighted by molar-refractivity contribution is 7.09. The molecule has 1 N–H and O–H groups in total. The molecule has 1 aromatic rings. The molecule has 2 aliphatic rings. The molecule has 2 fully saturated rings. The van der Waals surface area contributed by atoms with Crippen molar-refractivity contribution in [1.29, 1.82) is 0 Å². The first-order valence-electron chi connectivity index (χ1n) is 6.68. The lowest BCUT2D eigenvalue weighted by Crippen LogP contribution is -2.33. The number of aromatic nitrogens is 1. The van der Waals surface area contributed by atoms with Crippen LogP contribution in [-0.2, 0) is 17.6 Å². The summed E-state index contributed by atoms with van der Waals surface area (Å²) in [7, 11) is 0. The number of thiazole rings is 1. The zero-order chi connectivity index (χ0) is 12.5. The van der Waals surface area contributed by atoms with Crippen molar-refractivity contribution in [3.05, 3.63) is 16.1 Å². The Morgan fingerprint density at radius 3 is 2.60 bits per heavy atom. The number of likely N-dealkylation sites (tertiary alicyclic amines) is 1. The number of rotatable bonds is 3. The summed E-state index contributed by atoms with van der Waals surface area (Å²) in [4.78, 5) is 18.7. The van der Waals surface area contributed by atoms with E-state index in [1.165, 1.54) is 0 Å². The van der Waals surface area contributed by atoms with E-state index in [2.05, 4.69) is 17.2 Å². The van der Waals surface area contributed by atoms with E-state index in [9.17, 15) is 4.79 Å². The van der Waals surface area contributed by atoms with E-state index in [0.29, 0.717) is 18.3 Å². The quantitative estimate of drug-likeness (QED) is 0.914. The second-order valence-corrected chi connectivity index (χ2v) is 6.18. The first kappa shape index (κ1) is 17.7. The van der Waals surface area contributed by atoms with E-state index in [1.807, 2.05) is 10.3 Å². The van der Waals surface area contributed by atoms with Gasteiger partial charge in [-0.3, -0.25) is 4.79 Å². The van der Waals surface area contributed by atoms with E-state index in [4.69, 9.17) is 0 Å². The van der Waals surface area contributed by atoms with Crippen LogP contribution in [0.4, 0.5) is 0 Å². The standard InChI is InChI=1S/C13H19N3OS.2ClH/c1-2-12-15-11(8-18-12)3-13(17)16-6-9-4-14-5-10(9)7-16;;/h8-10,14H,2-7H2,1H3;2*1H/t9-,10+;;. The van der Waals surface area contributed by atoms with Gasteiger partial charge in [-0.25, -0.2) is 4.98 Å². The average Bonchev–Trinajstić information content (AvgIpc) is 3.02. The second kappa shape index (κ2) is 7.59. The molecule has 0 aromatic carbocycles. The highest BCUT2D eigenvalue weighted by atomic mass is 35.5. The summed E-state index contributed by atoms with van der Waals surface area (Å²) in [5, 5.41) is 6.54. The Kier molecular flexibility index (Phi) is 6.72. The third kappa shape index (κ3) is 3.64. The molecule has 0 aliphatic carbocycles. The lowest BCUT2D eigenvalue weighted by molar-refractivity contribution is -0.129. The number of aryl methyl sites for hydroxylation is 1. The zero-order valence-corrected chi connectivity index (χ0v) is 14.0. The zero-order valence-electron chi connectivity index (χ0n) is 11.5. The van der Waals surface area contributed by atoms with Crippen molar-refractivity contribution in [2.75, 3.05) is 26.2 Å². The molecule has 4 nitrogen and oxygen atoms in total. The number of nitrogens with one attached hydrogen (secondary N) is 1. The van der Waals surface area contributed by atoms with Gasteiger partial charge >= 0.3 is 0 Å². The normalized spacial score (nSPS) is 23.9. The lowest BCUT2D eigenvalue weighted by atomic mass is 10.0. The molecule has 1 aromatic heterocycles. The molecule has 3 heterocycles. The average molecular weight is 338 g/mol. The minimum Gasteiger partial charge on any atom is -0.342 e. The molecule has 0 saturated carbocycles. The van der Waals surface area contributed by atoms with E-state index < -0.39 is 0 Å².